The van der Waals surface area contributed by atoms with E-state index >= 15 is 0 Å². The quantitative estimate of drug-likeness (QED) is 0.471. The number of hydrogen-bond donors (Lipinski definition) is 2. The van der Waals surface area contributed by atoms with Gasteiger partial charge in [-0.05, 0) is 66.6 Å². The van der Waals surface area contributed by atoms with E-state index in [0.717, 1.165) is 11.1 Å². The first-order valence-electron chi connectivity index (χ1n) is 9.08. The van der Waals surface area contributed by atoms with Crippen molar-refractivity contribution in [3.05, 3.63) is 94.6 Å². The van der Waals surface area contributed by atoms with Crippen molar-refractivity contribution in [2.45, 2.75) is 26.2 Å². The fourth-order valence-corrected chi connectivity index (χ4v) is 3.15. The summed E-state index contributed by atoms with van der Waals surface area (Å²) in [6.07, 6.45) is 1.85. The van der Waals surface area contributed by atoms with Crippen molar-refractivity contribution in [1.29, 1.82) is 0 Å². The predicted octanol–water partition coefficient (Wildman–Crippen LogP) is 6.04. The number of phenols is 1. The fourth-order valence-electron chi connectivity index (χ4n) is 3.15. The highest BCUT2D eigenvalue weighted by atomic mass is 35.5. The van der Waals surface area contributed by atoms with Crippen LogP contribution in [0.5, 0.6) is 5.75 Å². The molecular weight excluding hydrogens is 380 g/mol. The lowest BCUT2D eigenvalue weighted by Gasteiger charge is -2.14. The second-order valence-corrected chi connectivity index (χ2v) is 6.69. The van der Waals surface area contributed by atoms with Crippen LogP contribution >= 0.6 is 12.4 Å². The number of benzene rings is 3. The number of rotatable bonds is 7. The molecule has 2 N–H and O–H groups in total. The molecule has 0 heterocycles. The Bertz CT molecular complexity index is 916. The minimum Gasteiger partial charge on any atom is -0.505 e. The number of aromatic hydroxyl groups is 1. The van der Waals surface area contributed by atoms with Crippen LogP contribution in [0.3, 0.4) is 0 Å². The van der Waals surface area contributed by atoms with Gasteiger partial charge in [0, 0.05) is 12.2 Å². The van der Waals surface area contributed by atoms with E-state index in [4.69, 9.17) is 0 Å². The van der Waals surface area contributed by atoms with E-state index in [1.54, 1.807) is 19.1 Å². The molecule has 0 atom stereocenters. The summed E-state index contributed by atoms with van der Waals surface area (Å²) in [5, 5.41) is 13.3. The molecule has 3 aromatic rings. The van der Waals surface area contributed by atoms with Gasteiger partial charge in [0.1, 0.15) is 5.82 Å². The van der Waals surface area contributed by atoms with Crippen molar-refractivity contribution in [1.82, 2.24) is 0 Å². The number of hydrogen-bond acceptors (Lipinski definition) is 2. The van der Waals surface area contributed by atoms with Gasteiger partial charge in [-0.15, -0.1) is 12.4 Å². The molecule has 0 saturated carbocycles. The Morgan fingerprint density at radius 3 is 2.39 bits per heavy atom. The maximum absolute atomic E-state index is 14.5. The van der Waals surface area contributed by atoms with E-state index in [0.29, 0.717) is 42.6 Å². The van der Waals surface area contributed by atoms with Gasteiger partial charge >= 0.3 is 0 Å². The Labute approximate surface area is 170 Å². The van der Waals surface area contributed by atoms with E-state index in [2.05, 4.69) is 5.32 Å². The van der Waals surface area contributed by atoms with Crippen LogP contribution in [0.2, 0.25) is 0 Å². The average Bonchev–Trinajstić information content (AvgIpc) is 2.67. The molecule has 0 aliphatic carbocycles. The Kier molecular flexibility index (Phi) is 7.82. The van der Waals surface area contributed by atoms with Crippen LogP contribution in [-0.4, -0.2) is 11.7 Å². The first-order valence-corrected chi connectivity index (χ1v) is 9.08. The molecule has 0 spiro atoms. The standard InChI is InChI=1S/C23H23F2NO.ClH/c1-16-19(13-17-7-3-2-4-8-17)14-18(23(27)22(16)25)9-6-12-26-21-11-5-10-20(24)15-21;/h2-5,7-8,10-11,14-15,26-27H,6,9,12-13H2,1H3;1H. The molecule has 5 heteroatoms. The van der Waals surface area contributed by atoms with Crippen LogP contribution in [0, 0.1) is 18.6 Å². The summed E-state index contributed by atoms with van der Waals surface area (Å²) in [7, 11) is 0. The predicted molar refractivity (Wildman–Crippen MR) is 113 cm³/mol. The summed E-state index contributed by atoms with van der Waals surface area (Å²) >= 11 is 0. The molecule has 0 saturated heterocycles. The van der Waals surface area contributed by atoms with Crippen molar-refractivity contribution in [3.8, 4) is 5.75 Å². The van der Waals surface area contributed by atoms with Gasteiger partial charge in [-0.25, -0.2) is 8.78 Å². The van der Waals surface area contributed by atoms with E-state index in [-0.39, 0.29) is 24.0 Å². The van der Waals surface area contributed by atoms with Crippen LogP contribution in [-0.2, 0) is 12.8 Å². The molecule has 28 heavy (non-hydrogen) atoms. The number of halogens is 3. The molecule has 3 rings (SSSR count). The maximum Gasteiger partial charge on any atom is 0.168 e. The molecule has 0 aliphatic rings. The molecule has 0 radical (unpaired) electrons. The SMILES string of the molecule is Cc1c(Cc2ccccc2)cc(CCCNc2cccc(F)c2)c(O)c1F.Cl. The van der Waals surface area contributed by atoms with Crippen molar-refractivity contribution in [3.63, 3.8) is 0 Å². The third-order valence-corrected chi connectivity index (χ3v) is 4.69. The van der Waals surface area contributed by atoms with Crippen LogP contribution in [0.1, 0.15) is 28.7 Å². The molecular formula is C23H24ClF2NO. The van der Waals surface area contributed by atoms with E-state index in [1.165, 1.54) is 12.1 Å². The lowest BCUT2D eigenvalue weighted by molar-refractivity contribution is 0.422. The van der Waals surface area contributed by atoms with E-state index in [9.17, 15) is 13.9 Å². The minimum absolute atomic E-state index is 0. The Morgan fingerprint density at radius 2 is 1.68 bits per heavy atom. The normalized spacial score (nSPS) is 10.4. The highest BCUT2D eigenvalue weighted by molar-refractivity contribution is 5.85. The lowest BCUT2D eigenvalue weighted by atomic mass is 9.95. The average molecular weight is 404 g/mol. The molecule has 3 aromatic carbocycles. The van der Waals surface area contributed by atoms with Gasteiger partial charge in [-0.1, -0.05) is 42.5 Å². The van der Waals surface area contributed by atoms with Crippen molar-refractivity contribution < 1.29 is 13.9 Å². The summed E-state index contributed by atoms with van der Waals surface area (Å²) in [5.41, 5.74) is 3.77. The van der Waals surface area contributed by atoms with Gasteiger partial charge in [0.05, 0.1) is 0 Å². The van der Waals surface area contributed by atoms with Crippen molar-refractivity contribution in [2.75, 3.05) is 11.9 Å². The highest BCUT2D eigenvalue weighted by Gasteiger charge is 2.15. The second-order valence-electron chi connectivity index (χ2n) is 6.69. The lowest BCUT2D eigenvalue weighted by Crippen LogP contribution is -2.05. The molecule has 0 unspecified atom stereocenters. The van der Waals surface area contributed by atoms with E-state index < -0.39 is 5.82 Å². The number of anilines is 1. The van der Waals surface area contributed by atoms with Gasteiger partial charge in [-0.3, -0.25) is 0 Å². The second kappa shape index (κ2) is 10.1. The molecule has 0 fully saturated rings. The number of phenolic OH excluding ortho intramolecular Hbond substituents is 1. The first-order chi connectivity index (χ1) is 13.0. The third kappa shape index (κ3) is 5.46. The number of nitrogens with one attached hydrogen (secondary N) is 1. The summed E-state index contributed by atoms with van der Waals surface area (Å²) in [6.45, 7) is 2.30. The molecule has 0 bridgehead atoms. The van der Waals surface area contributed by atoms with Gasteiger partial charge in [0.15, 0.2) is 11.6 Å². The van der Waals surface area contributed by atoms with Crippen molar-refractivity contribution in [2.24, 2.45) is 0 Å². The van der Waals surface area contributed by atoms with Crippen LogP contribution < -0.4 is 5.32 Å². The van der Waals surface area contributed by atoms with Gasteiger partial charge < -0.3 is 10.4 Å². The van der Waals surface area contributed by atoms with Crippen LogP contribution in [0.15, 0.2) is 60.7 Å². The zero-order valence-electron chi connectivity index (χ0n) is 15.7. The summed E-state index contributed by atoms with van der Waals surface area (Å²) in [4.78, 5) is 0. The molecule has 148 valence electrons. The van der Waals surface area contributed by atoms with E-state index in [1.807, 2.05) is 36.4 Å². The third-order valence-electron chi connectivity index (χ3n) is 4.69. The Hall–Kier alpha value is -2.59. The topological polar surface area (TPSA) is 32.3 Å². The monoisotopic (exact) mass is 403 g/mol. The van der Waals surface area contributed by atoms with Gasteiger partial charge in [0.25, 0.3) is 0 Å². The maximum atomic E-state index is 14.5. The zero-order chi connectivity index (χ0) is 19.2. The summed E-state index contributed by atoms with van der Waals surface area (Å²) < 4.78 is 27.7. The Balaban J connectivity index is 0.00000280. The minimum atomic E-state index is -0.545. The zero-order valence-corrected chi connectivity index (χ0v) is 16.5. The summed E-state index contributed by atoms with van der Waals surface area (Å²) in [6, 6.07) is 18.0. The smallest absolute Gasteiger partial charge is 0.168 e. The van der Waals surface area contributed by atoms with Gasteiger partial charge in [0.2, 0.25) is 0 Å². The number of aryl methyl sites for hydroxylation is 1. The van der Waals surface area contributed by atoms with Gasteiger partial charge in [-0.2, -0.15) is 0 Å². The van der Waals surface area contributed by atoms with Crippen LogP contribution in [0.4, 0.5) is 14.5 Å². The first kappa shape index (κ1) is 21.7. The molecule has 0 aromatic heterocycles. The van der Waals surface area contributed by atoms with Crippen molar-refractivity contribution >= 4 is 18.1 Å². The summed E-state index contributed by atoms with van der Waals surface area (Å²) in [5.74, 6) is -1.10. The van der Waals surface area contributed by atoms with Crippen LogP contribution in [0.25, 0.3) is 0 Å². The Morgan fingerprint density at radius 1 is 0.929 bits per heavy atom. The highest BCUT2D eigenvalue weighted by Crippen LogP contribution is 2.29. The molecule has 0 amide bonds. The molecule has 0 aliphatic heterocycles. The largest absolute Gasteiger partial charge is 0.505 e. The molecule has 2 nitrogen and oxygen atoms in total. The fraction of sp³-hybridized carbons (Fsp3) is 0.217.